The Kier molecular flexibility index (Phi) is 6.20. The van der Waals surface area contributed by atoms with Crippen LogP contribution in [0, 0.1) is 0 Å². The van der Waals surface area contributed by atoms with E-state index in [9.17, 15) is 13.2 Å². The Morgan fingerprint density at radius 2 is 2.00 bits per heavy atom. The van der Waals surface area contributed by atoms with Crippen molar-refractivity contribution in [3.8, 4) is 5.75 Å². The molecule has 0 spiro atoms. The molecule has 0 aliphatic carbocycles. The van der Waals surface area contributed by atoms with Crippen molar-refractivity contribution in [2.45, 2.75) is 46.2 Å². The first kappa shape index (κ1) is 17.5. The number of amides is 1. The number of hydrogen-bond donors (Lipinski definition) is 0. The number of rotatable bonds is 7. The zero-order valence-electron chi connectivity index (χ0n) is 13.0. The summed E-state index contributed by atoms with van der Waals surface area (Å²) in [7, 11) is -3.54. The fourth-order valence-electron chi connectivity index (χ4n) is 1.98. The van der Waals surface area contributed by atoms with Gasteiger partial charge in [-0.15, -0.1) is 0 Å². The highest BCUT2D eigenvalue weighted by Gasteiger charge is 2.18. The monoisotopic (exact) mass is 313 g/mol. The molecule has 118 valence electrons. The molecule has 0 bridgehead atoms. The molecule has 0 aliphatic heterocycles. The summed E-state index contributed by atoms with van der Waals surface area (Å²) in [5.41, 5.74) is 0.846. The molecular formula is C15H23NO4S. The third-order valence-corrected chi connectivity index (χ3v) is 3.74. The summed E-state index contributed by atoms with van der Waals surface area (Å²) in [5, 5.41) is 0. The quantitative estimate of drug-likeness (QED) is 0.726. The summed E-state index contributed by atoms with van der Waals surface area (Å²) in [6.45, 7) is 6.32. The summed E-state index contributed by atoms with van der Waals surface area (Å²) in [5.74, 6) is 0.349. The lowest BCUT2D eigenvalue weighted by molar-refractivity contribution is -0.133. The maximum atomic E-state index is 12.0. The second kappa shape index (κ2) is 7.45. The highest BCUT2D eigenvalue weighted by atomic mass is 32.2. The van der Waals surface area contributed by atoms with Crippen LogP contribution in [0.15, 0.2) is 24.3 Å². The topological polar surface area (TPSA) is 63.7 Å². The van der Waals surface area contributed by atoms with Crippen LogP contribution >= 0.6 is 0 Å². The predicted octanol–water partition coefficient (Wildman–Crippen LogP) is 2.56. The summed E-state index contributed by atoms with van der Waals surface area (Å²) < 4.78 is 27.2. The van der Waals surface area contributed by atoms with Crippen LogP contribution in [0.5, 0.6) is 5.75 Å². The van der Waals surface area contributed by atoms with Crippen molar-refractivity contribution in [1.82, 2.24) is 4.90 Å². The van der Waals surface area contributed by atoms with Gasteiger partial charge in [-0.1, -0.05) is 26.0 Å². The van der Waals surface area contributed by atoms with E-state index in [-0.39, 0.29) is 17.7 Å². The Bertz CT molecular complexity index is 583. The highest BCUT2D eigenvalue weighted by molar-refractivity contribution is 7.86. The number of hydrogen-bond acceptors (Lipinski definition) is 4. The molecule has 1 aromatic carbocycles. The molecule has 6 heteroatoms. The average molecular weight is 313 g/mol. The van der Waals surface area contributed by atoms with Crippen molar-refractivity contribution in [1.29, 1.82) is 0 Å². The molecule has 0 fully saturated rings. The second-order valence-corrected chi connectivity index (χ2v) is 6.64. The van der Waals surface area contributed by atoms with Gasteiger partial charge in [0.1, 0.15) is 5.75 Å². The maximum absolute atomic E-state index is 12.0. The molecule has 1 rings (SSSR count). The van der Waals surface area contributed by atoms with Crippen molar-refractivity contribution in [2.75, 3.05) is 6.26 Å². The van der Waals surface area contributed by atoms with E-state index in [0.29, 0.717) is 13.0 Å². The van der Waals surface area contributed by atoms with Crippen molar-refractivity contribution < 1.29 is 17.4 Å². The summed E-state index contributed by atoms with van der Waals surface area (Å²) >= 11 is 0. The van der Waals surface area contributed by atoms with Gasteiger partial charge in [0.05, 0.1) is 6.26 Å². The first-order chi connectivity index (χ1) is 9.76. The Hall–Kier alpha value is -1.56. The van der Waals surface area contributed by atoms with E-state index in [2.05, 4.69) is 0 Å². The lowest BCUT2D eigenvalue weighted by Crippen LogP contribution is -2.37. The summed E-state index contributed by atoms with van der Waals surface area (Å²) in [4.78, 5) is 13.8. The Morgan fingerprint density at radius 1 is 1.33 bits per heavy atom. The molecule has 0 saturated carbocycles. The van der Waals surface area contributed by atoms with Crippen LogP contribution in [0.3, 0.4) is 0 Å². The zero-order chi connectivity index (χ0) is 16.0. The number of nitrogens with zero attached hydrogens (tertiary/aromatic N) is 1. The number of carbonyl (C=O) groups excluding carboxylic acids is 1. The number of benzene rings is 1. The normalized spacial score (nSPS) is 12.8. The second-order valence-electron chi connectivity index (χ2n) is 5.07. The van der Waals surface area contributed by atoms with Crippen LogP contribution < -0.4 is 4.18 Å². The molecule has 0 heterocycles. The predicted molar refractivity (Wildman–Crippen MR) is 82.5 cm³/mol. The van der Waals surface area contributed by atoms with Crippen molar-refractivity contribution in [2.24, 2.45) is 0 Å². The first-order valence-corrected chi connectivity index (χ1v) is 8.86. The molecule has 21 heavy (non-hydrogen) atoms. The van der Waals surface area contributed by atoms with E-state index < -0.39 is 10.1 Å². The van der Waals surface area contributed by atoms with Crippen molar-refractivity contribution in [3.63, 3.8) is 0 Å². The lowest BCUT2D eigenvalue weighted by atomic mass is 10.1. The molecule has 0 N–H and O–H groups in total. The van der Waals surface area contributed by atoms with E-state index in [0.717, 1.165) is 18.2 Å². The van der Waals surface area contributed by atoms with E-state index in [4.69, 9.17) is 4.18 Å². The highest BCUT2D eigenvalue weighted by Crippen LogP contribution is 2.18. The van der Waals surface area contributed by atoms with Crippen LogP contribution in [0.4, 0.5) is 0 Å². The maximum Gasteiger partial charge on any atom is 0.306 e. The fourth-order valence-corrected chi connectivity index (χ4v) is 2.43. The zero-order valence-corrected chi connectivity index (χ0v) is 13.8. The van der Waals surface area contributed by atoms with E-state index in [1.807, 2.05) is 26.8 Å². The van der Waals surface area contributed by atoms with Gasteiger partial charge >= 0.3 is 10.1 Å². The molecule has 0 saturated heterocycles. The Labute approximate surface area is 127 Å². The fraction of sp³-hybridized carbons (Fsp3) is 0.533. The third-order valence-electron chi connectivity index (χ3n) is 3.24. The molecule has 1 amide bonds. The van der Waals surface area contributed by atoms with Crippen molar-refractivity contribution in [3.05, 3.63) is 29.8 Å². The standard InChI is InChI=1S/C15H23NO4S/c1-5-12(3)16(15(17)6-2)11-13-8-7-9-14(10-13)20-21(4,18)19/h7-10,12H,5-6,11H2,1-4H3. The molecule has 1 atom stereocenters. The van der Waals surface area contributed by atoms with Gasteiger partial charge < -0.3 is 9.08 Å². The lowest BCUT2D eigenvalue weighted by Gasteiger charge is -2.28. The van der Waals surface area contributed by atoms with E-state index >= 15 is 0 Å². The SMILES string of the molecule is CCC(=O)N(Cc1cccc(OS(C)(=O)=O)c1)C(C)CC. The molecule has 1 aromatic rings. The molecule has 0 radical (unpaired) electrons. The van der Waals surface area contributed by atoms with Gasteiger partial charge in [-0.3, -0.25) is 4.79 Å². The number of carbonyl (C=O) groups is 1. The Morgan fingerprint density at radius 3 is 2.52 bits per heavy atom. The van der Waals surface area contributed by atoms with Gasteiger partial charge in [0, 0.05) is 19.0 Å². The summed E-state index contributed by atoms with van der Waals surface area (Å²) in [6, 6.07) is 6.95. The van der Waals surface area contributed by atoms with Crippen LogP contribution in [0.1, 0.15) is 39.2 Å². The van der Waals surface area contributed by atoms with Gasteiger partial charge in [-0.05, 0) is 31.0 Å². The smallest absolute Gasteiger partial charge is 0.306 e. The molecular weight excluding hydrogens is 290 g/mol. The first-order valence-electron chi connectivity index (χ1n) is 7.04. The van der Waals surface area contributed by atoms with Crippen LogP contribution in [-0.4, -0.2) is 31.5 Å². The van der Waals surface area contributed by atoms with Gasteiger partial charge in [0.2, 0.25) is 5.91 Å². The van der Waals surface area contributed by atoms with E-state index in [1.54, 1.807) is 23.1 Å². The minimum absolute atomic E-state index is 0.0822. The molecule has 0 aliphatic rings. The largest absolute Gasteiger partial charge is 0.383 e. The minimum Gasteiger partial charge on any atom is -0.383 e. The van der Waals surface area contributed by atoms with Crippen LogP contribution in [-0.2, 0) is 21.5 Å². The van der Waals surface area contributed by atoms with E-state index in [1.165, 1.54) is 0 Å². The minimum atomic E-state index is -3.54. The van der Waals surface area contributed by atoms with Crippen LogP contribution in [0.2, 0.25) is 0 Å². The summed E-state index contributed by atoms with van der Waals surface area (Å²) in [6.07, 6.45) is 2.32. The third kappa shape index (κ3) is 5.75. The average Bonchev–Trinajstić information content (AvgIpc) is 2.41. The molecule has 1 unspecified atom stereocenters. The van der Waals surface area contributed by atoms with Crippen molar-refractivity contribution >= 4 is 16.0 Å². The molecule has 5 nitrogen and oxygen atoms in total. The van der Waals surface area contributed by atoms with Gasteiger partial charge in [-0.25, -0.2) is 0 Å². The van der Waals surface area contributed by atoms with Gasteiger partial charge in [0.15, 0.2) is 0 Å². The molecule has 0 aromatic heterocycles. The van der Waals surface area contributed by atoms with Crippen LogP contribution in [0.25, 0.3) is 0 Å². The Balaban J connectivity index is 2.94. The van der Waals surface area contributed by atoms with Gasteiger partial charge in [-0.2, -0.15) is 8.42 Å². The van der Waals surface area contributed by atoms with Gasteiger partial charge in [0.25, 0.3) is 0 Å².